The van der Waals surface area contributed by atoms with Crippen molar-refractivity contribution in [2.45, 2.75) is 13.0 Å². The molecular formula is C17H24N4S. The van der Waals surface area contributed by atoms with Crippen LogP contribution in [0.2, 0.25) is 0 Å². The predicted octanol–water partition coefficient (Wildman–Crippen LogP) is 1.61. The van der Waals surface area contributed by atoms with E-state index in [0.29, 0.717) is 17.4 Å². The van der Waals surface area contributed by atoms with E-state index in [1.807, 2.05) is 18.2 Å². The Bertz CT molecular complexity index is 545. The lowest BCUT2D eigenvalue weighted by Crippen LogP contribution is -2.67. The van der Waals surface area contributed by atoms with Crippen LogP contribution < -0.4 is 10.6 Å². The molecule has 118 valence electrons. The van der Waals surface area contributed by atoms with Gasteiger partial charge in [0.2, 0.25) is 0 Å². The van der Waals surface area contributed by atoms with Crippen molar-refractivity contribution in [3.05, 3.63) is 30.3 Å². The number of rotatable bonds is 2. The Morgan fingerprint density at radius 3 is 2.36 bits per heavy atom. The number of nitrogens with one attached hydrogen (secondary N) is 2. The minimum atomic E-state index is 0.292. The van der Waals surface area contributed by atoms with Gasteiger partial charge in [-0.25, -0.2) is 0 Å². The Morgan fingerprint density at radius 2 is 1.77 bits per heavy atom. The van der Waals surface area contributed by atoms with Crippen LogP contribution in [0.15, 0.2) is 30.3 Å². The van der Waals surface area contributed by atoms with Crippen LogP contribution in [0, 0.1) is 11.3 Å². The van der Waals surface area contributed by atoms with Crippen LogP contribution >= 0.6 is 12.2 Å². The van der Waals surface area contributed by atoms with Gasteiger partial charge in [-0.15, -0.1) is 0 Å². The van der Waals surface area contributed by atoms with E-state index in [9.17, 15) is 0 Å². The van der Waals surface area contributed by atoms with E-state index >= 15 is 0 Å². The van der Waals surface area contributed by atoms with Crippen LogP contribution in [0.3, 0.4) is 0 Å². The molecule has 3 unspecified atom stereocenters. The highest BCUT2D eigenvalue weighted by Gasteiger charge is 2.51. The smallest absolute Gasteiger partial charge is 0.171 e. The molecule has 0 spiro atoms. The molecule has 1 aromatic carbocycles. The summed E-state index contributed by atoms with van der Waals surface area (Å²) in [4.78, 5) is 5.28. The summed E-state index contributed by atoms with van der Waals surface area (Å²) in [6.45, 7) is 9.66. The van der Waals surface area contributed by atoms with E-state index in [4.69, 9.17) is 12.2 Å². The van der Waals surface area contributed by atoms with E-state index in [1.54, 1.807) is 0 Å². The predicted molar refractivity (Wildman–Crippen MR) is 94.1 cm³/mol. The highest BCUT2D eigenvalue weighted by molar-refractivity contribution is 7.80. The zero-order valence-electron chi connectivity index (χ0n) is 13.1. The molecule has 0 aliphatic carbocycles. The minimum Gasteiger partial charge on any atom is -0.359 e. The van der Waals surface area contributed by atoms with E-state index < -0.39 is 0 Å². The molecule has 0 saturated carbocycles. The monoisotopic (exact) mass is 316 g/mol. The van der Waals surface area contributed by atoms with Crippen molar-refractivity contribution in [1.29, 1.82) is 0 Å². The van der Waals surface area contributed by atoms with E-state index in [0.717, 1.165) is 10.8 Å². The van der Waals surface area contributed by atoms with Crippen LogP contribution in [0.25, 0.3) is 0 Å². The number of hydrogen-bond acceptors (Lipinski definition) is 3. The molecule has 4 fully saturated rings. The number of benzene rings is 1. The SMILES string of the molecule is CC12CN3CCN(CC(C3)C1NC(=S)Nc1ccccc1)C2. The van der Waals surface area contributed by atoms with Crippen LogP contribution in [0.1, 0.15) is 6.92 Å². The number of piperidine rings is 2. The molecule has 5 rings (SSSR count). The third kappa shape index (κ3) is 2.62. The van der Waals surface area contributed by atoms with E-state index in [2.05, 4.69) is 39.5 Å². The fourth-order valence-corrected chi connectivity index (χ4v) is 4.89. The van der Waals surface area contributed by atoms with Gasteiger partial charge in [0.05, 0.1) is 0 Å². The van der Waals surface area contributed by atoms with Gasteiger partial charge >= 0.3 is 0 Å². The first-order chi connectivity index (χ1) is 10.6. The number of thiocarbonyl (C=S) groups is 1. The Labute approximate surface area is 137 Å². The zero-order valence-corrected chi connectivity index (χ0v) is 13.9. The number of hydrogen-bond donors (Lipinski definition) is 2. The van der Waals surface area contributed by atoms with Crippen LogP contribution in [-0.2, 0) is 0 Å². The second kappa shape index (κ2) is 5.48. The first kappa shape index (κ1) is 14.4. The highest BCUT2D eigenvalue weighted by atomic mass is 32.1. The number of nitrogens with zero attached hydrogens (tertiary/aromatic N) is 2. The number of para-hydroxylation sites is 1. The van der Waals surface area contributed by atoms with Crippen molar-refractivity contribution < 1.29 is 0 Å². The summed E-state index contributed by atoms with van der Waals surface area (Å²) in [6, 6.07) is 10.7. The normalized spacial score (nSPS) is 39.3. The lowest BCUT2D eigenvalue weighted by atomic mass is 9.69. The summed E-state index contributed by atoms with van der Waals surface area (Å²) in [5.41, 5.74) is 1.35. The minimum absolute atomic E-state index is 0.292. The molecule has 4 bridgehead atoms. The quantitative estimate of drug-likeness (QED) is 0.810. The summed E-state index contributed by atoms with van der Waals surface area (Å²) in [5, 5.41) is 7.73. The molecule has 4 aliphatic rings. The lowest BCUT2D eigenvalue weighted by molar-refractivity contribution is -0.0121. The second-order valence-electron chi connectivity index (χ2n) is 7.33. The summed E-state index contributed by atoms with van der Waals surface area (Å²) in [6.07, 6.45) is 0. The van der Waals surface area contributed by atoms with Crippen molar-refractivity contribution in [2.75, 3.05) is 44.6 Å². The molecule has 4 saturated heterocycles. The Balaban J connectivity index is 1.47. The Morgan fingerprint density at radius 1 is 1.14 bits per heavy atom. The molecule has 0 aromatic heterocycles. The topological polar surface area (TPSA) is 30.5 Å². The molecule has 4 aliphatic heterocycles. The molecule has 4 nitrogen and oxygen atoms in total. The lowest BCUT2D eigenvalue weighted by Gasteiger charge is -2.54. The maximum Gasteiger partial charge on any atom is 0.171 e. The summed E-state index contributed by atoms with van der Waals surface area (Å²) >= 11 is 5.57. The highest BCUT2D eigenvalue weighted by Crippen LogP contribution is 2.40. The first-order valence-electron chi connectivity index (χ1n) is 8.20. The Hall–Kier alpha value is -1.17. The zero-order chi connectivity index (χ0) is 15.2. The molecule has 4 heterocycles. The van der Waals surface area contributed by atoms with Crippen molar-refractivity contribution >= 4 is 23.0 Å². The molecule has 1 aromatic rings. The number of fused-ring (bicyclic) bond motifs is 1. The molecule has 22 heavy (non-hydrogen) atoms. The second-order valence-corrected chi connectivity index (χ2v) is 7.73. The third-order valence-corrected chi connectivity index (χ3v) is 5.65. The number of anilines is 1. The van der Waals surface area contributed by atoms with Crippen molar-refractivity contribution in [2.24, 2.45) is 11.3 Å². The molecular weight excluding hydrogens is 292 g/mol. The molecule has 2 N–H and O–H groups in total. The molecule has 0 radical (unpaired) electrons. The van der Waals surface area contributed by atoms with Gasteiger partial charge in [0.1, 0.15) is 0 Å². The van der Waals surface area contributed by atoms with E-state index in [1.165, 1.54) is 39.3 Å². The molecule has 5 heteroatoms. The van der Waals surface area contributed by atoms with Gasteiger partial charge in [-0.3, -0.25) is 0 Å². The summed E-state index contributed by atoms with van der Waals surface area (Å²) in [5.74, 6) is 0.672. The largest absolute Gasteiger partial charge is 0.359 e. The average molecular weight is 316 g/mol. The molecule has 0 amide bonds. The third-order valence-electron chi connectivity index (χ3n) is 5.43. The van der Waals surface area contributed by atoms with Crippen LogP contribution in [0.4, 0.5) is 5.69 Å². The first-order valence-corrected chi connectivity index (χ1v) is 8.60. The van der Waals surface area contributed by atoms with Gasteiger partial charge in [0, 0.05) is 62.3 Å². The Kier molecular flexibility index (Phi) is 3.59. The van der Waals surface area contributed by atoms with Crippen molar-refractivity contribution in [1.82, 2.24) is 15.1 Å². The standard InChI is InChI=1S/C17H24N4S/c1-17-11-20-7-8-21(12-17)10-13(9-20)15(17)19-16(22)18-14-5-3-2-4-6-14/h2-6,13,15H,7-12H2,1H3,(H2,18,19,22). The van der Waals surface area contributed by atoms with Crippen LogP contribution in [0.5, 0.6) is 0 Å². The van der Waals surface area contributed by atoms with Gasteiger partial charge in [0.15, 0.2) is 5.11 Å². The maximum atomic E-state index is 5.57. The van der Waals surface area contributed by atoms with Crippen LogP contribution in [-0.4, -0.2) is 60.2 Å². The van der Waals surface area contributed by atoms with E-state index in [-0.39, 0.29) is 0 Å². The average Bonchev–Trinajstić information content (AvgIpc) is 2.71. The van der Waals surface area contributed by atoms with Crippen molar-refractivity contribution in [3.63, 3.8) is 0 Å². The van der Waals surface area contributed by atoms with Gasteiger partial charge < -0.3 is 20.4 Å². The summed E-state index contributed by atoms with van der Waals surface area (Å²) < 4.78 is 0. The maximum absolute atomic E-state index is 5.57. The van der Waals surface area contributed by atoms with Gasteiger partial charge in [-0.1, -0.05) is 25.1 Å². The van der Waals surface area contributed by atoms with Gasteiger partial charge in [-0.2, -0.15) is 0 Å². The molecule has 3 atom stereocenters. The van der Waals surface area contributed by atoms with Gasteiger partial charge in [0.25, 0.3) is 0 Å². The fraction of sp³-hybridized carbons (Fsp3) is 0.588. The van der Waals surface area contributed by atoms with Crippen molar-refractivity contribution in [3.8, 4) is 0 Å². The summed E-state index contributed by atoms with van der Waals surface area (Å²) in [7, 11) is 0. The van der Waals surface area contributed by atoms with Gasteiger partial charge in [-0.05, 0) is 24.4 Å². The fourth-order valence-electron chi connectivity index (χ4n) is 4.64.